The Hall–Kier alpha value is -3.55. The average Bonchev–Trinajstić information content (AvgIpc) is 3.08. The van der Waals surface area contributed by atoms with Crippen LogP contribution in [0, 0.1) is 5.92 Å². The summed E-state index contributed by atoms with van der Waals surface area (Å²) in [6.07, 6.45) is 7.62. The van der Waals surface area contributed by atoms with Gasteiger partial charge >= 0.3 is 0 Å². The molecular formula is C21H19N5O3. The number of aromatic nitrogens is 3. The van der Waals surface area contributed by atoms with E-state index in [1.54, 1.807) is 24.4 Å². The number of likely N-dealkylation sites (tertiary alicyclic amines) is 1. The van der Waals surface area contributed by atoms with Gasteiger partial charge in [-0.25, -0.2) is 4.98 Å². The van der Waals surface area contributed by atoms with Crippen LogP contribution in [0.4, 0.5) is 0 Å². The van der Waals surface area contributed by atoms with Gasteiger partial charge in [0.05, 0.1) is 17.3 Å². The lowest BCUT2D eigenvalue weighted by Crippen LogP contribution is -2.57. The number of amides is 2. The van der Waals surface area contributed by atoms with Crippen molar-refractivity contribution in [3.63, 3.8) is 0 Å². The fourth-order valence-electron chi connectivity index (χ4n) is 4.36. The van der Waals surface area contributed by atoms with Crippen molar-refractivity contribution in [2.75, 3.05) is 6.54 Å². The first-order valence-corrected chi connectivity index (χ1v) is 9.57. The molecule has 2 N–H and O–H groups in total. The first kappa shape index (κ1) is 17.5. The van der Waals surface area contributed by atoms with Crippen LogP contribution in [0.2, 0.25) is 0 Å². The van der Waals surface area contributed by atoms with Crippen molar-refractivity contribution in [2.24, 2.45) is 5.92 Å². The van der Waals surface area contributed by atoms with Crippen LogP contribution in [0.25, 0.3) is 10.9 Å². The molecule has 3 aromatic rings. The third-order valence-corrected chi connectivity index (χ3v) is 5.90. The van der Waals surface area contributed by atoms with E-state index in [1.807, 2.05) is 11.0 Å². The van der Waals surface area contributed by atoms with Gasteiger partial charge in [-0.15, -0.1) is 0 Å². The molecule has 146 valence electrons. The summed E-state index contributed by atoms with van der Waals surface area (Å²) >= 11 is 0. The van der Waals surface area contributed by atoms with Gasteiger partial charge in [0.1, 0.15) is 11.4 Å². The molecule has 5 rings (SSSR count). The van der Waals surface area contributed by atoms with Crippen LogP contribution in [0.15, 0.2) is 49.1 Å². The van der Waals surface area contributed by atoms with Gasteiger partial charge in [0, 0.05) is 54.6 Å². The number of hydrogen-bond acceptors (Lipinski definition) is 6. The largest absolute Gasteiger partial charge is 0.508 e. The van der Waals surface area contributed by atoms with Gasteiger partial charge in [-0.3, -0.25) is 19.6 Å². The lowest BCUT2D eigenvalue weighted by Gasteiger charge is -2.43. The molecule has 0 radical (unpaired) electrons. The molecule has 1 aliphatic heterocycles. The smallest absolute Gasteiger partial charge is 0.271 e. The van der Waals surface area contributed by atoms with Gasteiger partial charge in [0.15, 0.2) is 0 Å². The molecule has 8 heteroatoms. The van der Waals surface area contributed by atoms with Crippen molar-refractivity contribution in [1.29, 1.82) is 0 Å². The zero-order valence-electron chi connectivity index (χ0n) is 15.5. The normalized spacial score (nSPS) is 22.8. The van der Waals surface area contributed by atoms with E-state index in [9.17, 15) is 14.7 Å². The van der Waals surface area contributed by atoms with Crippen LogP contribution in [0.3, 0.4) is 0 Å². The minimum Gasteiger partial charge on any atom is -0.508 e. The monoisotopic (exact) mass is 389 g/mol. The number of fused-ring (bicyclic) bond motifs is 2. The number of hydrogen-bond donors (Lipinski definition) is 2. The fourth-order valence-corrected chi connectivity index (χ4v) is 4.36. The molecule has 3 atom stereocenters. The van der Waals surface area contributed by atoms with E-state index in [2.05, 4.69) is 20.3 Å². The molecule has 2 aliphatic rings. The highest BCUT2D eigenvalue weighted by Crippen LogP contribution is 2.41. The highest BCUT2D eigenvalue weighted by Gasteiger charge is 2.50. The quantitative estimate of drug-likeness (QED) is 0.707. The Kier molecular flexibility index (Phi) is 4.12. The minimum absolute atomic E-state index is 0.0429. The summed E-state index contributed by atoms with van der Waals surface area (Å²) < 4.78 is 0. The van der Waals surface area contributed by atoms with Gasteiger partial charge in [-0.1, -0.05) is 0 Å². The van der Waals surface area contributed by atoms with Gasteiger partial charge in [-0.2, -0.15) is 0 Å². The molecule has 8 nitrogen and oxygen atoms in total. The average molecular weight is 389 g/mol. The number of nitrogens with zero attached hydrogens (tertiary/aromatic N) is 4. The molecule has 2 fully saturated rings. The zero-order chi connectivity index (χ0) is 20.0. The number of nitrogens with one attached hydrogen (secondary N) is 1. The molecule has 0 spiro atoms. The summed E-state index contributed by atoms with van der Waals surface area (Å²) in [6, 6.07) is 6.90. The number of rotatable bonds is 3. The van der Waals surface area contributed by atoms with Crippen LogP contribution in [0.1, 0.15) is 33.7 Å². The molecule has 3 heterocycles. The molecule has 0 unspecified atom stereocenters. The first-order valence-electron chi connectivity index (χ1n) is 9.57. The molecule has 1 aromatic carbocycles. The van der Waals surface area contributed by atoms with Crippen LogP contribution < -0.4 is 5.32 Å². The number of carbonyl (C=O) groups excluding carboxylic acids is 2. The van der Waals surface area contributed by atoms with Crippen LogP contribution in [-0.2, 0) is 0 Å². The van der Waals surface area contributed by atoms with E-state index in [0.29, 0.717) is 23.3 Å². The van der Waals surface area contributed by atoms with Crippen molar-refractivity contribution in [3.05, 3.63) is 60.3 Å². The Morgan fingerprint density at radius 2 is 2.03 bits per heavy atom. The number of aromatic hydroxyl groups is 1. The van der Waals surface area contributed by atoms with Crippen LogP contribution in [0.5, 0.6) is 5.75 Å². The molecule has 1 saturated carbocycles. The topological polar surface area (TPSA) is 108 Å². The van der Waals surface area contributed by atoms with E-state index < -0.39 is 0 Å². The SMILES string of the molecule is O=C(N[C@@H]1C[C@H]2[C@@H]1CCN2C(=O)c1cnc2cc(O)ccc2c1)c1cnccn1. The van der Waals surface area contributed by atoms with Crippen molar-refractivity contribution >= 4 is 22.7 Å². The van der Waals surface area contributed by atoms with Crippen molar-refractivity contribution in [3.8, 4) is 5.75 Å². The zero-order valence-corrected chi connectivity index (χ0v) is 15.5. The molecule has 1 aliphatic carbocycles. The van der Waals surface area contributed by atoms with Crippen molar-refractivity contribution in [2.45, 2.75) is 24.9 Å². The Balaban J connectivity index is 1.27. The highest BCUT2D eigenvalue weighted by molar-refractivity contribution is 5.98. The standard InChI is InChI=1S/C21H19N5O3/c27-14-2-1-12-7-13(10-24-16(12)8-14)21(29)26-6-3-15-17(9-19(15)26)25-20(28)18-11-22-4-5-23-18/h1-2,4-5,7-8,10-11,15,17,19,27H,3,6,9H2,(H,25,28)/t15-,17-,19+/m1/s1. The van der Waals surface area contributed by atoms with E-state index >= 15 is 0 Å². The molecule has 29 heavy (non-hydrogen) atoms. The second-order valence-corrected chi connectivity index (χ2v) is 7.53. The predicted octanol–water partition coefficient (Wildman–Crippen LogP) is 1.76. The maximum atomic E-state index is 13.0. The number of pyridine rings is 1. The Morgan fingerprint density at radius 1 is 1.14 bits per heavy atom. The fraction of sp³-hybridized carbons (Fsp3) is 0.286. The minimum atomic E-state index is -0.228. The van der Waals surface area contributed by atoms with Gasteiger partial charge in [0.25, 0.3) is 11.8 Å². The first-order chi connectivity index (χ1) is 14.1. The summed E-state index contributed by atoms with van der Waals surface area (Å²) in [6.45, 7) is 0.666. The van der Waals surface area contributed by atoms with Gasteiger partial charge in [0.2, 0.25) is 0 Å². The Bertz CT molecular complexity index is 1100. The summed E-state index contributed by atoms with van der Waals surface area (Å²) in [5.74, 6) is 0.132. The molecule has 2 amide bonds. The number of phenolic OH excluding ortho intramolecular Hbond substituents is 1. The van der Waals surface area contributed by atoms with E-state index in [1.165, 1.54) is 18.6 Å². The summed E-state index contributed by atoms with van der Waals surface area (Å²) in [7, 11) is 0. The number of carbonyl (C=O) groups is 2. The second kappa shape index (κ2) is 6.80. The van der Waals surface area contributed by atoms with E-state index in [-0.39, 0.29) is 35.6 Å². The molecule has 0 bridgehead atoms. The second-order valence-electron chi connectivity index (χ2n) is 7.53. The van der Waals surface area contributed by atoms with Crippen LogP contribution in [-0.4, -0.2) is 55.4 Å². The van der Waals surface area contributed by atoms with Crippen molar-refractivity contribution < 1.29 is 14.7 Å². The number of benzene rings is 1. The van der Waals surface area contributed by atoms with Crippen LogP contribution >= 0.6 is 0 Å². The van der Waals surface area contributed by atoms with E-state index in [4.69, 9.17) is 0 Å². The van der Waals surface area contributed by atoms with Gasteiger partial charge in [-0.05, 0) is 31.0 Å². The van der Waals surface area contributed by atoms with Crippen molar-refractivity contribution in [1.82, 2.24) is 25.2 Å². The van der Waals surface area contributed by atoms with E-state index in [0.717, 1.165) is 18.2 Å². The third kappa shape index (κ3) is 3.06. The van der Waals surface area contributed by atoms with Gasteiger partial charge < -0.3 is 15.3 Å². The summed E-state index contributed by atoms with van der Waals surface area (Å²) in [5, 5.41) is 13.4. The predicted molar refractivity (Wildman–Crippen MR) is 104 cm³/mol. The lowest BCUT2D eigenvalue weighted by molar-refractivity contribution is 0.0536. The Labute approximate surface area is 166 Å². The molecule has 1 saturated heterocycles. The summed E-state index contributed by atoms with van der Waals surface area (Å²) in [4.78, 5) is 39.5. The lowest BCUT2D eigenvalue weighted by atomic mass is 9.74. The maximum Gasteiger partial charge on any atom is 0.271 e. The summed E-state index contributed by atoms with van der Waals surface area (Å²) in [5.41, 5.74) is 1.49. The molecular weight excluding hydrogens is 370 g/mol. The third-order valence-electron chi connectivity index (χ3n) is 5.90. The Morgan fingerprint density at radius 3 is 2.86 bits per heavy atom. The number of phenols is 1. The maximum absolute atomic E-state index is 13.0. The highest BCUT2D eigenvalue weighted by atomic mass is 16.3. The molecule has 2 aromatic heterocycles.